The van der Waals surface area contributed by atoms with E-state index in [0.29, 0.717) is 52.2 Å². The number of hydrogen-bond donors (Lipinski definition) is 2. The molecule has 0 aliphatic heterocycles. The van der Waals surface area contributed by atoms with Crippen molar-refractivity contribution in [2.24, 2.45) is 0 Å². The first kappa shape index (κ1) is 30.9. The van der Waals surface area contributed by atoms with E-state index in [1.807, 2.05) is 93.7 Å². The lowest BCUT2D eigenvalue weighted by Gasteiger charge is -2.18. The van der Waals surface area contributed by atoms with E-state index in [4.69, 9.17) is 14.2 Å². The monoisotopic (exact) mass is 626 g/mol. The Bertz CT molecular complexity index is 1790. The van der Waals surface area contributed by atoms with Gasteiger partial charge in [-0.3, -0.25) is 14.5 Å². The number of aromatic nitrogens is 2. The van der Waals surface area contributed by atoms with Crippen molar-refractivity contribution in [2.45, 2.75) is 51.2 Å². The van der Waals surface area contributed by atoms with Gasteiger partial charge in [0.1, 0.15) is 21.5 Å². The SMILES string of the molecule is CCc1cc(NC=O)c(/C(=C\Cc2ccc(-c3ccsc3S(=O)Nc3noc(C)c3C)cc2)Oc2ccccc2)c(CC)n1. The standard InChI is InChI=1S/C34H34N4O4S2/c1-5-26-20-30(35-21-39)32(29(6-2)36-26)31(41-27-10-8-7-9-11-27)17-14-24-12-15-25(16-13-24)28-18-19-43-34(28)44(40)38-33-22(3)23(4)42-37-33/h7-13,15-21H,5-6,14H2,1-4H3,(H,37,38)(H,35,36,39)/b31-17+. The molecule has 44 heavy (non-hydrogen) atoms. The van der Waals surface area contributed by atoms with E-state index in [0.717, 1.165) is 45.6 Å². The number of para-hydroxylation sites is 1. The van der Waals surface area contributed by atoms with Crippen molar-refractivity contribution in [2.75, 3.05) is 10.0 Å². The highest BCUT2D eigenvalue weighted by molar-refractivity contribution is 7.88. The van der Waals surface area contributed by atoms with Crippen LogP contribution in [-0.4, -0.2) is 20.8 Å². The fourth-order valence-corrected chi connectivity index (χ4v) is 6.81. The summed E-state index contributed by atoms with van der Waals surface area (Å²) in [4.78, 5) is 16.4. The molecule has 0 radical (unpaired) electrons. The highest BCUT2D eigenvalue weighted by Crippen LogP contribution is 2.34. The van der Waals surface area contributed by atoms with Crippen molar-refractivity contribution in [3.8, 4) is 16.9 Å². The number of ether oxygens (including phenoxy) is 1. The fourth-order valence-electron chi connectivity index (χ4n) is 4.69. The average molecular weight is 627 g/mol. The molecule has 3 aromatic heterocycles. The van der Waals surface area contributed by atoms with Crippen LogP contribution in [0.15, 0.2) is 86.9 Å². The highest BCUT2D eigenvalue weighted by Gasteiger charge is 2.19. The number of pyridine rings is 1. The summed E-state index contributed by atoms with van der Waals surface area (Å²) in [7, 11) is -1.49. The van der Waals surface area contributed by atoms with Gasteiger partial charge in [0.05, 0.1) is 16.9 Å². The number of amides is 1. The van der Waals surface area contributed by atoms with Crippen LogP contribution in [0.2, 0.25) is 0 Å². The Morgan fingerprint density at radius 1 is 1.05 bits per heavy atom. The molecule has 5 rings (SSSR count). The first-order chi connectivity index (χ1) is 21.4. The highest BCUT2D eigenvalue weighted by atomic mass is 32.2. The molecule has 1 amide bonds. The average Bonchev–Trinajstić information content (AvgIpc) is 3.67. The van der Waals surface area contributed by atoms with Gasteiger partial charge in [0, 0.05) is 16.8 Å². The zero-order valence-electron chi connectivity index (χ0n) is 25.0. The van der Waals surface area contributed by atoms with Gasteiger partial charge in [-0.15, -0.1) is 11.3 Å². The fraction of sp³-hybridized carbons (Fsp3) is 0.206. The lowest BCUT2D eigenvalue weighted by Crippen LogP contribution is -2.09. The number of hydrogen-bond acceptors (Lipinski definition) is 7. The van der Waals surface area contributed by atoms with E-state index in [9.17, 15) is 9.00 Å². The molecule has 226 valence electrons. The lowest BCUT2D eigenvalue weighted by molar-refractivity contribution is -0.105. The first-order valence-electron chi connectivity index (χ1n) is 14.4. The number of thiophene rings is 1. The molecule has 0 aliphatic rings. The van der Waals surface area contributed by atoms with Crippen molar-refractivity contribution in [1.82, 2.24) is 10.1 Å². The molecule has 8 nitrogen and oxygen atoms in total. The number of anilines is 2. The second-order valence-electron chi connectivity index (χ2n) is 10.0. The lowest BCUT2D eigenvalue weighted by atomic mass is 10.0. The summed E-state index contributed by atoms with van der Waals surface area (Å²) in [5, 5.41) is 8.78. The quantitative estimate of drug-likeness (QED) is 0.102. The summed E-state index contributed by atoms with van der Waals surface area (Å²) >= 11 is 1.43. The Hall–Kier alpha value is -4.54. The van der Waals surface area contributed by atoms with E-state index in [1.54, 1.807) is 0 Å². The van der Waals surface area contributed by atoms with Crippen molar-refractivity contribution < 1.29 is 18.3 Å². The molecule has 3 heterocycles. The third-order valence-corrected chi connectivity index (χ3v) is 9.59. The minimum absolute atomic E-state index is 0.480. The van der Waals surface area contributed by atoms with Crippen molar-refractivity contribution in [3.63, 3.8) is 0 Å². The van der Waals surface area contributed by atoms with E-state index in [-0.39, 0.29) is 0 Å². The van der Waals surface area contributed by atoms with Crippen LogP contribution in [0.3, 0.4) is 0 Å². The van der Waals surface area contributed by atoms with E-state index in [1.165, 1.54) is 11.3 Å². The molecule has 2 aromatic carbocycles. The molecule has 2 N–H and O–H groups in total. The Morgan fingerprint density at radius 3 is 2.48 bits per heavy atom. The van der Waals surface area contributed by atoms with Gasteiger partial charge < -0.3 is 14.6 Å². The third-order valence-electron chi connectivity index (χ3n) is 7.21. The van der Waals surface area contributed by atoms with Crippen molar-refractivity contribution >= 4 is 46.0 Å². The first-order valence-corrected chi connectivity index (χ1v) is 16.4. The molecule has 5 aromatic rings. The number of carbonyl (C=O) groups is 1. The predicted molar refractivity (Wildman–Crippen MR) is 177 cm³/mol. The number of aryl methyl sites for hydroxylation is 3. The van der Waals surface area contributed by atoms with E-state index < -0.39 is 11.0 Å². The number of allylic oxidation sites excluding steroid dienone is 1. The van der Waals surface area contributed by atoms with Crippen LogP contribution in [0.4, 0.5) is 11.5 Å². The van der Waals surface area contributed by atoms with E-state index >= 15 is 0 Å². The molecule has 0 saturated carbocycles. The van der Waals surface area contributed by atoms with Crippen molar-refractivity contribution in [3.05, 3.63) is 112 Å². The topological polar surface area (TPSA) is 106 Å². The summed E-state index contributed by atoms with van der Waals surface area (Å²) in [5.41, 5.74) is 6.96. The summed E-state index contributed by atoms with van der Waals surface area (Å²) in [5.74, 6) is 2.48. The van der Waals surface area contributed by atoms with Crippen LogP contribution in [0.1, 0.15) is 47.7 Å². The molecule has 0 saturated heterocycles. The molecule has 10 heteroatoms. The van der Waals surface area contributed by atoms with Gasteiger partial charge in [-0.05, 0) is 80.0 Å². The van der Waals surface area contributed by atoms with Crippen LogP contribution < -0.4 is 14.8 Å². The van der Waals surface area contributed by atoms with Gasteiger partial charge >= 0.3 is 0 Å². The minimum Gasteiger partial charge on any atom is -0.457 e. The Labute approximate surface area is 263 Å². The van der Waals surface area contributed by atoms with Crippen LogP contribution in [0.5, 0.6) is 5.75 Å². The van der Waals surface area contributed by atoms with Gasteiger partial charge in [0.2, 0.25) is 6.41 Å². The van der Waals surface area contributed by atoms with Gasteiger partial charge in [0.25, 0.3) is 0 Å². The van der Waals surface area contributed by atoms with Crippen LogP contribution in [0, 0.1) is 13.8 Å². The molecular formula is C34H34N4O4S2. The van der Waals surface area contributed by atoms with Crippen LogP contribution >= 0.6 is 11.3 Å². The summed E-state index contributed by atoms with van der Waals surface area (Å²) < 4.78 is 28.5. The maximum atomic E-state index is 13.2. The molecule has 0 spiro atoms. The number of carbonyl (C=O) groups excluding carboxylic acids is 1. The predicted octanol–water partition coefficient (Wildman–Crippen LogP) is 7.91. The third kappa shape index (κ3) is 6.98. The molecular weight excluding hydrogens is 593 g/mol. The molecule has 0 bridgehead atoms. The number of rotatable bonds is 13. The Kier molecular flexibility index (Phi) is 10.0. The maximum absolute atomic E-state index is 13.2. The zero-order valence-corrected chi connectivity index (χ0v) is 26.7. The maximum Gasteiger partial charge on any atom is 0.211 e. The van der Waals surface area contributed by atoms with Gasteiger partial charge in [0.15, 0.2) is 16.8 Å². The normalized spacial score (nSPS) is 12.1. The summed E-state index contributed by atoms with van der Waals surface area (Å²) in [6.07, 6.45) is 4.72. The minimum atomic E-state index is -1.49. The molecule has 1 unspecified atom stereocenters. The van der Waals surface area contributed by atoms with Crippen LogP contribution in [-0.2, 0) is 35.0 Å². The summed E-state index contributed by atoms with van der Waals surface area (Å²) in [6, 6.07) is 21.6. The largest absolute Gasteiger partial charge is 0.457 e. The smallest absolute Gasteiger partial charge is 0.211 e. The zero-order chi connectivity index (χ0) is 31.1. The van der Waals surface area contributed by atoms with Gasteiger partial charge in [-0.1, -0.05) is 61.5 Å². The number of benzene rings is 2. The second kappa shape index (κ2) is 14.3. The van der Waals surface area contributed by atoms with Gasteiger partial charge in [-0.25, -0.2) is 4.21 Å². The van der Waals surface area contributed by atoms with Gasteiger partial charge in [-0.2, -0.15) is 0 Å². The molecule has 1 atom stereocenters. The second-order valence-corrected chi connectivity index (χ2v) is 12.4. The number of nitrogens with one attached hydrogen (secondary N) is 2. The molecule has 0 aliphatic carbocycles. The molecule has 0 fully saturated rings. The van der Waals surface area contributed by atoms with Crippen molar-refractivity contribution in [1.29, 1.82) is 0 Å². The summed E-state index contributed by atoms with van der Waals surface area (Å²) in [6.45, 7) is 7.79. The number of nitrogens with zero attached hydrogens (tertiary/aromatic N) is 2. The van der Waals surface area contributed by atoms with E-state index in [2.05, 4.69) is 27.3 Å². The van der Waals surface area contributed by atoms with Crippen LogP contribution in [0.25, 0.3) is 16.9 Å². The Morgan fingerprint density at radius 2 is 1.82 bits per heavy atom. The Balaban J connectivity index is 1.43.